The molecule has 2 aromatic rings. The molecule has 0 spiro atoms. The van der Waals surface area contributed by atoms with E-state index in [0.717, 1.165) is 10.0 Å². The molecular weight excluding hydrogens is 454 g/mol. The Bertz CT molecular complexity index is 1010. The Morgan fingerprint density at radius 1 is 1.14 bits per heavy atom. The van der Waals surface area contributed by atoms with Crippen LogP contribution >= 0.6 is 15.9 Å². The maximum Gasteiger partial charge on any atom is 0.243 e. The van der Waals surface area contributed by atoms with Crippen LogP contribution in [-0.4, -0.2) is 31.7 Å². The standard InChI is InChI=1S/C21H22BrN3O3S/c1-15(17-4-6-19(22)7-5-17)24-21(26)18-10-12-25(13-11-18)29(27,28)20-8-2-16(14-23)3-9-20/h2-9,15,18H,10-13H2,1H3,(H,24,26). The number of rotatable bonds is 5. The van der Waals surface area contributed by atoms with Gasteiger partial charge in [0.05, 0.1) is 22.6 Å². The number of halogens is 1. The van der Waals surface area contributed by atoms with Crippen molar-refractivity contribution in [3.05, 3.63) is 64.1 Å². The van der Waals surface area contributed by atoms with Crippen LogP contribution in [0.5, 0.6) is 0 Å². The number of nitrogens with one attached hydrogen (secondary N) is 1. The number of piperidine rings is 1. The largest absolute Gasteiger partial charge is 0.349 e. The van der Waals surface area contributed by atoms with E-state index in [-0.39, 0.29) is 22.8 Å². The van der Waals surface area contributed by atoms with Crippen molar-refractivity contribution in [2.45, 2.75) is 30.7 Å². The van der Waals surface area contributed by atoms with Crippen LogP contribution in [-0.2, 0) is 14.8 Å². The van der Waals surface area contributed by atoms with Gasteiger partial charge in [-0.05, 0) is 61.7 Å². The van der Waals surface area contributed by atoms with Gasteiger partial charge in [0, 0.05) is 23.5 Å². The number of nitrogens with zero attached hydrogens (tertiary/aromatic N) is 2. The van der Waals surface area contributed by atoms with E-state index >= 15 is 0 Å². The Hall–Kier alpha value is -2.21. The molecule has 1 heterocycles. The van der Waals surface area contributed by atoms with E-state index in [1.54, 1.807) is 0 Å². The summed E-state index contributed by atoms with van der Waals surface area (Å²) >= 11 is 3.40. The summed E-state index contributed by atoms with van der Waals surface area (Å²) in [6, 6.07) is 15.5. The summed E-state index contributed by atoms with van der Waals surface area (Å²) in [4.78, 5) is 12.8. The molecule has 0 bridgehead atoms. The lowest BCUT2D eigenvalue weighted by Crippen LogP contribution is -2.43. The van der Waals surface area contributed by atoms with Crippen molar-refractivity contribution < 1.29 is 13.2 Å². The Morgan fingerprint density at radius 2 is 1.72 bits per heavy atom. The first-order valence-electron chi connectivity index (χ1n) is 9.37. The number of benzene rings is 2. The van der Waals surface area contributed by atoms with Crippen molar-refractivity contribution in [2.75, 3.05) is 13.1 Å². The highest BCUT2D eigenvalue weighted by atomic mass is 79.9. The maximum absolute atomic E-state index is 12.8. The molecule has 152 valence electrons. The molecule has 6 nitrogen and oxygen atoms in total. The number of amides is 1. The number of hydrogen-bond acceptors (Lipinski definition) is 4. The molecule has 3 rings (SSSR count). The topological polar surface area (TPSA) is 90.3 Å². The summed E-state index contributed by atoms with van der Waals surface area (Å²) in [6.45, 7) is 2.53. The zero-order chi connectivity index (χ0) is 21.0. The van der Waals surface area contributed by atoms with Crippen LogP contribution in [0.3, 0.4) is 0 Å². The van der Waals surface area contributed by atoms with Crippen molar-refractivity contribution in [3.63, 3.8) is 0 Å². The zero-order valence-electron chi connectivity index (χ0n) is 16.0. The minimum atomic E-state index is -3.62. The summed E-state index contributed by atoms with van der Waals surface area (Å²) in [6.07, 6.45) is 0.961. The Kier molecular flexibility index (Phi) is 6.73. The van der Waals surface area contributed by atoms with Crippen LogP contribution in [0.1, 0.15) is 36.9 Å². The van der Waals surface area contributed by atoms with Gasteiger partial charge in [-0.25, -0.2) is 8.42 Å². The Morgan fingerprint density at radius 3 is 2.28 bits per heavy atom. The van der Waals surface area contributed by atoms with Crippen molar-refractivity contribution in [1.29, 1.82) is 5.26 Å². The van der Waals surface area contributed by atoms with Gasteiger partial charge in [0.2, 0.25) is 15.9 Å². The molecule has 29 heavy (non-hydrogen) atoms. The first-order chi connectivity index (χ1) is 13.8. The average Bonchev–Trinajstić information content (AvgIpc) is 2.74. The van der Waals surface area contributed by atoms with Crippen molar-refractivity contribution >= 4 is 31.9 Å². The second-order valence-electron chi connectivity index (χ2n) is 7.10. The third kappa shape index (κ3) is 5.04. The lowest BCUT2D eigenvalue weighted by molar-refractivity contribution is -0.126. The van der Waals surface area contributed by atoms with E-state index in [0.29, 0.717) is 31.5 Å². The van der Waals surface area contributed by atoms with E-state index in [1.807, 2.05) is 37.3 Å². The van der Waals surface area contributed by atoms with Crippen LogP contribution < -0.4 is 5.32 Å². The molecule has 1 aliphatic rings. The minimum absolute atomic E-state index is 0.0455. The van der Waals surface area contributed by atoms with Crippen LogP contribution in [0.25, 0.3) is 0 Å². The highest BCUT2D eigenvalue weighted by molar-refractivity contribution is 9.10. The van der Waals surface area contributed by atoms with Gasteiger partial charge in [-0.2, -0.15) is 9.57 Å². The van der Waals surface area contributed by atoms with Crippen LogP contribution in [0.4, 0.5) is 0 Å². The van der Waals surface area contributed by atoms with Crippen molar-refractivity contribution in [3.8, 4) is 6.07 Å². The molecule has 1 unspecified atom stereocenters. The third-order valence-electron chi connectivity index (χ3n) is 5.17. The van der Waals surface area contributed by atoms with Gasteiger partial charge in [0.1, 0.15) is 0 Å². The van der Waals surface area contributed by atoms with E-state index in [1.165, 1.54) is 28.6 Å². The fraction of sp³-hybridized carbons (Fsp3) is 0.333. The van der Waals surface area contributed by atoms with Gasteiger partial charge in [-0.1, -0.05) is 28.1 Å². The van der Waals surface area contributed by atoms with Gasteiger partial charge in [0.25, 0.3) is 0 Å². The zero-order valence-corrected chi connectivity index (χ0v) is 18.4. The summed E-state index contributed by atoms with van der Waals surface area (Å²) in [7, 11) is -3.62. The predicted molar refractivity (Wildman–Crippen MR) is 113 cm³/mol. The lowest BCUT2D eigenvalue weighted by Gasteiger charge is -2.31. The molecular formula is C21H22BrN3O3S. The monoisotopic (exact) mass is 475 g/mol. The fourth-order valence-corrected chi connectivity index (χ4v) is 5.11. The predicted octanol–water partition coefficient (Wildman–Crippen LogP) is 3.60. The molecule has 1 N–H and O–H groups in total. The molecule has 0 saturated carbocycles. The van der Waals surface area contributed by atoms with Gasteiger partial charge < -0.3 is 5.32 Å². The highest BCUT2D eigenvalue weighted by Crippen LogP contribution is 2.25. The highest BCUT2D eigenvalue weighted by Gasteiger charge is 2.32. The third-order valence-corrected chi connectivity index (χ3v) is 7.62. The van der Waals surface area contributed by atoms with Gasteiger partial charge in [0.15, 0.2) is 0 Å². The average molecular weight is 476 g/mol. The van der Waals surface area contributed by atoms with Gasteiger partial charge >= 0.3 is 0 Å². The van der Waals surface area contributed by atoms with Crippen molar-refractivity contribution in [2.24, 2.45) is 5.92 Å². The Balaban J connectivity index is 1.58. The van der Waals surface area contributed by atoms with Crippen molar-refractivity contribution in [1.82, 2.24) is 9.62 Å². The second kappa shape index (κ2) is 9.08. The molecule has 1 saturated heterocycles. The molecule has 0 aromatic heterocycles. The second-order valence-corrected chi connectivity index (χ2v) is 9.95. The number of nitriles is 1. The van der Waals surface area contributed by atoms with E-state index < -0.39 is 10.0 Å². The minimum Gasteiger partial charge on any atom is -0.349 e. The first kappa shape index (κ1) is 21.5. The summed E-state index contributed by atoms with van der Waals surface area (Å²) in [5.41, 5.74) is 1.43. The van der Waals surface area contributed by atoms with E-state index in [9.17, 15) is 13.2 Å². The molecule has 1 amide bonds. The molecule has 0 aliphatic carbocycles. The van der Waals surface area contributed by atoms with Crippen LogP contribution in [0.15, 0.2) is 57.9 Å². The van der Waals surface area contributed by atoms with Crippen LogP contribution in [0, 0.1) is 17.2 Å². The number of sulfonamides is 1. The lowest BCUT2D eigenvalue weighted by atomic mass is 9.96. The van der Waals surface area contributed by atoms with Gasteiger partial charge in [-0.3, -0.25) is 4.79 Å². The number of hydrogen-bond donors (Lipinski definition) is 1. The van der Waals surface area contributed by atoms with E-state index in [4.69, 9.17) is 5.26 Å². The molecule has 1 fully saturated rings. The Labute approximate surface area is 179 Å². The molecule has 2 aromatic carbocycles. The first-order valence-corrected chi connectivity index (χ1v) is 11.6. The van der Waals surface area contributed by atoms with Gasteiger partial charge in [-0.15, -0.1) is 0 Å². The molecule has 0 radical (unpaired) electrons. The summed E-state index contributed by atoms with van der Waals surface area (Å²) in [5, 5.41) is 11.9. The quantitative estimate of drug-likeness (QED) is 0.714. The molecule has 1 atom stereocenters. The normalized spacial score (nSPS) is 16.7. The SMILES string of the molecule is CC(NC(=O)C1CCN(S(=O)(=O)c2ccc(C#N)cc2)CC1)c1ccc(Br)cc1. The summed E-state index contributed by atoms with van der Waals surface area (Å²) < 4.78 is 28.0. The summed E-state index contributed by atoms with van der Waals surface area (Å²) in [5.74, 6) is -0.254. The molecule has 1 aliphatic heterocycles. The van der Waals surface area contributed by atoms with E-state index in [2.05, 4.69) is 21.2 Å². The number of carbonyl (C=O) groups excluding carboxylic acids is 1. The smallest absolute Gasteiger partial charge is 0.243 e. The van der Waals surface area contributed by atoms with Crippen LogP contribution in [0.2, 0.25) is 0 Å². The molecule has 8 heteroatoms. The maximum atomic E-state index is 12.8. The fourth-order valence-electron chi connectivity index (χ4n) is 3.37. The number of carbonyl (C=O) groups is 1.